The molecule has 0 bridgehead atoms. The van der Waals surface area contributed by atoms with Gasteiger partial charge in [0, 0.05) is 12.5 Å². The van der Waals surface area contributed by atoms with Crippen LogP contribution in [-0.4, -0.2) is 24.4 Å². The molecule has 78 valence electrons. The number of rotatable bonds is 5. The largest absolute Gasteiger partial charge is 0.392 e. The van der Waals surface area contributed by atoms with Crippen LogP contribution in [0.3, 0.4) is 0 Å². The van der Waals surface area contributed by atoms with Crippen molar-refractivity contribution in [1.82, 2.24) is 0 Å². The van der Waals surface area contributed by atoms with Crippen molar-refractivity contribution in [2.75, 3.05) is 13.2 Å². The van der Waals surface area contributed by atoms with E-state index in [0.29, 0.717) is 11.8 Å². The van der Waals surface area contributed by atoms with Gasteiger partial charge in [0.25, 0.3) is 0 Å². The third-order valence-corrected chi connectivity index (χ3v) is 3.04. The Labute approximate surface area is 81.3 Å². The van der Waals surface area contributed by atoms with Crippen molar-refractivity contribution < 1.29 is 9.84 Å². The fourth-order valence-corrected chi connectivity index (χ4v) is 1.98. The Morgan fingerprint density at radius 1 is 1.54 bits per heavy atom. The quantitative estimate of drug-likeness (QED) is 0.713. The van der Waals surface area contributed by atoms with Gasteiger partial charge in [-0.05, 0) is 18.8 Å². The molecule has 1 rings (SSSR count). The van der Waals surface area contributed by atoms with E-state index in [9.17, 15) is 5.11 Å². The summed E-state index contributed by atoms with van der Waals surface area (Å²) in [5, 5.41) is 9.96. The van der Waals surface area contributed by atoms with Crippen molar-refractivity contribution in [2.45, 2.75) is 45.6 Å². The van der Waals surface area contributed by atoms with Crippen LogP contribution in [0.25, 0.3) is 0 Å². The van der Waals surface area contributed by atoms with E-state index >= 15 is 0 Å². The molecule has 1 N–H and O–H groups in total. The summed E-state index contributed by atoms with van der Waals surface area (Å²) >= 11 is 0. The summed E-state index contributed by atoms with van der Waals surface area (Å²) in [6, 6.07) is 0. The van der Waals surface area contributed by atoms with Gasteiger partial charge in [-0.1, -0.05) is 26.7 Å². The van der Waals surface area contributed by atoms with E-state index in [1.165, 1.54) is 12.8 Å². The number of unbranched alkanes of at least 4 members (excludes halogenated alkanes) is 1. The van der Waals surface area contributed by atoms with Crippen LogP contribution in [0.5, 0.6) is 0 Å². The second kappa shape index (κ2) is 5.61. The highest BCUT2D eigenvalue weighted by Gasteiger charge is 2.27. The molecular formula is C11H22O2. The highest BCUT2D eigenvalue weighted by Crippen LogP contribution is 2.24. The van der Waals surface area contributed by atoms with Gasteiger partial charge in [0.15, 0.2) is 0 Å². The third-order valence-electron chi connectivity index (χ3n) is 3.04. The molecule has 13 heavy (non-hydrogen) atoms. The predicted octanol–water partition coefficient (Wildman–Crippen LogP) is 2.21. The van der Waals surface area contributed by atoms with Crippen LogP contribution in [-0.2, 0) is 4.74 Å². The number of aliphatic hydroxyl groups excluding tert-OH is 1. The van der Waals surface area contributed by atoms with Gasteiger partial charge in [-0.15, -0.1) is 0 Å². The summed E-state index contributed by atoms with van der Waals surface area (Å²) in [4.78, 5) is 0. The molecule has 0 saturated carbocycles. The third kappa shape index (κ3) is 3.28. The van der Waals surface area contributed by atoms with Gasteiger partial charge in [0.05, 0.1) is 12.7 Å². The minimum absolute atomic E-state index is 0.144. The van der Waals surface area contributed by atoms with E-state index in [4.69, 9.17) is 4.74 Å². The molecule has 0 aromatic carbocycles. The maximum atomic E-state index is 9.96. The topological polar surface area (TPSA) is 29.5 Å². The molecule has 1 heterocycles. The molecule has 1 saturated heterocycles. The zero-order valence-electron chi connectivity index (χ0n) is 8.83. The van der Waals surface area contributed by atoms with Crippen LogP contribution < -0.4 is 0 Å². The van der Waals surface area contributed by atoms with Crippen molar-refractivity contribution in [3.05, 3.63) is 0 Å². The van der Waals surface area contributed by atoms with Crippen LogP contribution in [0.15, 0.2) is 0 Å². The molecule has 0 amide bonds. The van der Waals surface area contributed by atoms with Crippen molar-refractivity contribution in [2.24, 2.45) is 11.8 Å². The standard InChI is InChI=1S/C11H22O2/c1-3-4-5-9(2)11(12)10-6-7-13-8-10/h9-12H,3-8H2,1-2H3. The minimum Gasteiger partial charge on any atom is -0.392 e. The number of ether oxygens (including phenoxy) is 1. The Morgan fingerprint density at radius 3 is 2.85 bits per heavy atom. The molecule has 3 unspecified atom stereocenters. The van der Waals surface area contributed by atoms with E-state index in [0.717, 1.165) is 26.1 Å². The molecule has 0 aliphatic carbocycles. The SMILES string of the molecule is CCCCC(C)C(O)C1CCOC1. The van der Waals surface area contributed by atoms with Crippen molar-refractivity contribution in [3.63, 3.8) is 0 Å². The molecule has 0 aromatic heterocycles. The van der Waals surface area contributed by atoms with Gasteiger partial charge in [0.2, 0.25) is 0 Å². The molecule has 3 atom stereocenters. The number of hydrogen-bond acceptors (Lipinski definition) is 2. The van der Waals surface area contributed by atoms with E-state index in [2.05, 4.69) is 13.8 Å². The molecule has 2 nitrogen and oxygen atoms in total. The maximum absolute atomic E-state index is 9.96. The lowest BCUT2D eigenvalue weighted by Crippen LogP contribution is -2.27. The molecule has 0 spiro atoms. The summed E-state index contributed by atoms with van der Waals surface area (Å²) in [5.41, 5.74) is 0. The lowest BCUT2D eigenvalue weighted by Gasteiger charge is -2.23. The van der Waals surface area contributed by atoms with E-state index in [-0.39, 0.29) is 6.10 Å². The molecule has 1 fully saturated rings. The second-order valence-electron chi connectivity index (χ2n) is 4.23. The smallest absolute Gasteiger partial charge is 0.0616 e. The Hall–Kier alpha value is -0.0800. The fourth-order valence-electron chi connectivity index (χ4n) is 1.98. The number of aliphatic hydroxyl groups is 1. The summed E-state index contributed by atoms with van der Waals surface area (Å²) in [7, 11) is 0. The first-order valence-electron chi connectivity index (χ1n) is 5.51. The average molecular weight is 186 g/mol. The van der Waals surface area contributed by atoms with Gasteiger partial charge < -0.3 is 9.84 Å². The van der Waals surface area contributed by atoms with Gasteiger partial charge in [-0.2, -0.15) is 0 Å². The summed E-state index contributed by atoms with van der Waals surface area (Å²) in [6.07, 6.45) is 4.49. The van der Waals surface area contributed by atoms with Gasteiger partial charge >= 0.3 is 0 Å². The minimum atomic E-state index is -0.144. The van der Waals surface area contributed by atoms with Crippen LogP contribution in [0.1, 0.15) is 39.5 Å². The summed E-state index contributed by atoms with van der Waals surface area (Å²) in [5.74, 6) is 0.832. The second-order valence-corrected chi connectivity index (χ2v) is 4.23. The van der Waals surface area contributed by atoms with Crippen LogP contribution in [0, 0.1) is 11.8 Å². The Kier molecular flexibility index (Phi) is 4.74. The average Bonchev–Trinajstić information content (AvgIpc) is 2.65. The maximum Gasteiger partial charge on any atom is 0.0616 e. The van der Waals surface area contributed by atoms with Gasteiger partial charge in [0.1, 0.15) is 0 Å². The Bertz CT molecular complexity index is 130. The lowest BCUT2D eigenvalue weighted by atomic mass is 9.88. The van der Waals surface area contributed by atoms with E-state index in [1.54, 1.807) is 0 Å². The van der Waals surface area contributed by atoms with Crippen LogP contribution >= 0.6 is 0 Å². The number of hydrogen-bond donors (Lipinski definition) is 1. The van der Waals surface area contributed by atoms with Crippen molar-refractivity contribution >= 4 is 0 Å². The fraction of sp³-hybridized carbons (Fsp3) is 1.00. The highest BCUT2D eigenvalue weighted by molar-refractivity contribution is 4.76. The first-order valence-corrected chi connectivity index (χ1v) is 5.51. The molecule has 1 aliphatic rings. The predicted molar refractivity (Wildman–Crippen MR) is 53.6 cm³/mol. The van der Waals surface area contributed by atoms with Crippen molar-refractivity contribution in [1.29, 1.82) is 0 Å². The van der Waals surface area contributed by atoms with E-state index < -0.39 is 0 Å². The van der Waals surface area contributed by atoms with Crippen LogP contribution in [0.4, 0.5) is 0 Å². The summed E-state index contributed by atoms with van der Waals surface area (Å²) < 4.78 is 5.27. The van der Waals surface area contributed by atoms with E-state index in [1.807, 2.05) is 0 Å². The molecule has 0 aromatic rings. The molecule has 0 radical (unpaired) electrons. The van der Waals surface area contributed by atoms with Crippen LogP contribution in [0.2, 0.25) is 0 Å². The summed E-state index contributed by atoms with van der Waals surface area (Å²) in [6.45, 7) is 5.94. The molecular weight excluding hydrogens is 164 g/mol. The normalized spacial score (nSPS) is 27.5. The van der Waals surface area contributed by atoms with Gasteiger partial charge in [-0.3, -0.25) is 0 Å². The molecule has 2 heteroatoms. The monoisotopic (exact) mass is 186 g/mol. The zero-order chi connectivity index (χ0) is 9.68. The zero-order valence-corrected chi connectivity index (χ0v) is 8.83. The highest BCUT2D eigenvalue weighted by atomic mass is 16.5. The molecule has 1 aliphatic heterocycles. The lowest BCUT2D eigenvalue weighted by molar-refractivity contribution is 0.0455. The Balaban J connectivity index is 2.23. The first kappa shape index (κ1) is 11.0. The van der Waals surface area contributed by atoms with Crippen molar-refractivity contribution in [3.8, 4) is 0 Å². The Morgan fingerprint density at radius 2 is 2.31 bits per heavy atom. The van der Waals surface area contributed by atoms with Gasteiger partial charge in [-0.25, -0.2) is 0 Å². The first-order chi connectivity index (χ1) is 6.25.